The molecule has 1 aromatic heterocycles. The topological polar surface area (TPSA) is 66.0 Å². The Labute approximate surface area is 76.8 Å². The number of imidazole rings is 1. The van der Waals surface area contributed by atoms with Gasteiger partial charge in [0.25, 0.3) is 0 Å². The summed E-state index contributed by atoms with van der Waals surface area (Å²) in [6, 6.07) is 0. The van der Waals surface area contributed by atoms with Gasteiger partial charge in [-0.3, -0.25) is 0 Å². The van der Waals surface area contributed by atoms with Crippen molar-refractivity contribution in [2.24, 2.45) is 0 Å². The average molecular weight is 208 g/mol. The zero-order valence-electron chi connectivity index (χ0n) is 7.14. The number of aromatic carboxylic acids is 1. The molecule has 1 heterocycles. The molecule has 0 aliphatic heterocycles. The normalized spacial score (nSPS) is 11.7. The molecular weight excluding hydrogens is 201 g/mol. The van der Waals surface area contributed by atoms with E-state index in [2.05, 4.69) is 9.97 Å². The van der Waals surface area contributed by atoms with Crippen molar-refractivity contribution in [3.05, 3.63) is 17.2 Å². The number of carbonyl (C=O) groups is 1. The third kappa shape index (κ3) is 1.86. The fourth-order valence-corrected chi connectivity index (χ4v) is 1.00. The minimum atomic E-state index is -4.62. The van der Waals surface area contributed by atoms with Gasteiger partial charge in [0.1, 0.15) is 0 Å². The zero-order valence-corrected chi connectivity index (χ0v) is 7.14. The molecule has 7 heteroatoms. The van der Waals surface area contributed by atoms with Gasteiger partial charge in [0.2, 0.25) is 5.82 Å². The molecule has 0 bridgehead atoms. The maximum atomic E-state index is 12.2. The van der Waals surface area contributed by atoms with Crippen molar-refractivity contribution in [2.45, 2.75) is 19.5 Å². The van der Waals surface area contributed by atoms with Crippen LogP contribution in [-0.2, 0) is 12.6 Å². The minimum Gasteiger partial charge on any atom is -0.475 e. The molecule has 0 fully saturated rings. The van der Waals surface area contributed by atoms with Gasteiger partial charge in [-0.2, -0.15) is 13.2 Å². The summed E-state index contributed by atoms with van der Waals surface area (Å²) in [5.41, 5.74) is -1.37. The van der Waals surface area contributed by atoms with Crippen molar-refractivity contribution < 1.29 is 23.1 Å². The van der Waals surface area contributed by atoms with Crippen molar-refractivity contribution in [3.63, 3.8) is 0 Å². The number of aromatic amines is 1. The van der Waals surface area contributed by atoms with Crippen LogP contribution in [0, 0.1) is 0 Å². The first-order valence-corrected chi connectivity index (χ1v) is 3.75. The van der Waals surface area contributed by atoms with Gasteiger partial charge >= 0.3 is 12.1 Å². The van der Waals surface area contributed by atoms with E-state index in [1.54, 1.807) is 0 Å². The second-order valence-corrected chi connectivity index (χ2v) is 2.57. The predicted molar refractivity (Wildman–Crippen MR) is 39.9 cm³/mol. The number of aryl methyl sites for hydroxylation is 1. The molecular formula is C7H7F3N2O2. The highest BCUT2D eigenvalue weighted by Crippen LogP contribution is 2.30. The average Bonchev–Trinajstić information content (AvgIpc) is 2.46. The summed E-state index contributed by atoms with van der Waals surface area (Å²) >= 11 is 0. The van der Waals surface area contributed by atoms with Crippen LogP contribution in [0.25, 0.3) is 0 Å². The Bertz CT molecular complexity index is 356. The summed E-state index contributed by atoms with van der Waals surface area (Å²) in [5.74, 6) is -2.19. The molecule has 0 unspecified atom stereocenters. The van der Waals surface area contributed by atoms with Crippen LogP contribution in [0.15, 0.2) is 0 Å². The summed E-state index contributed by atoms with van der Waals surface area (Å²) in [6.45, 7) is 1.48. The first-order chi connectivity index (χ1) is 6.36. The highest BCUT2D eigenvalue weighted by atomic mass is 19.4. The standard InChI is InChI=1S/C7H7F3N2O2/c1-2-3-4(7(8,9)10)12-5(11-3)6(13)14/h2H2,1H3,(H,11,12)(H,13,14). The number of rotatable bonds is 2. The largest absolute Gasteiger partial charge is 0.475 e. The van der Waals surface area contributed by atoms with E-state index in [0.29, 0.717) is 0 Å². The van der Waals surface area contributed by atoms with Crippen LogP contribution in [0.4, 0.5) is 13.2 Å². The van der Waals surface area contributed by atoms with Crippen molar-refractivity contribution >= 4 is 5.97 Å². The predicted octanol–water partition coefficient (Wildman–Crippen LogP) is 1.69. The Morgan fingerprint density at radius 1 is 1.57 bits per heavy atom. The Balaban J connectivity index is 3.22. The molecule has 0 radical (unpaired) electrons. The highest BCUT2D eigenvalue weighted by Gasteiger charge is 2.37. The first kappa shape index (κ1) is 10.6. The summed E-state index contributed by atoms with van der Waals surface area (Å²) in [6.07, 6.45) is -4.56. The lowest BCUT2D eigenvalue weighted by Gasteiger charge is -2.03. The van der Waals surface area contributed by atoms with E-state index in [-0.39, 0.29) is 12.1 Å². The van der Waals surface area contributed by atoms with E-state index in [4.69, 9.17) is 5.11 Å². The number of hydrogen-bond acceptors (Lipinski definition) is 2. The number of nitrogens with one attached hydrogen (secondary N) is 1. The van der Waals surface area contributed by atoms with Gasteiger partial charge < -0.3 is 10.1 Å². The van der Waals surface area contributed by atoms with Gasteiger partial charge in [0, 0.05) is 5.69 Å². The summed E-state index contributed by atoms with van der Waals surface area (Å²) in [4.78, 5) is 15.4. The number of nitrogens with zero attached hydrogens (tertiary/aromatic N) is 1. The number of aromatic nitrogens is 2. The molecule has 1 aromatic rings. The number of alkyl halides is 3. The van der Waals surface area contributed by atoms with Crippen LogP contribution in [0.3, 0.4) is 0 Å². The van der Waals surface area contributed by atoms with Crippen LogP contribution < -0.4 is 0 Å². The molecule has 0 spiro atoms. The maximum Gasteiger partial charge on any atom is 0.435 e. The fraction of sp³-hybridized carbons (Fsp3) is 0.429. The Kier molecular flexibility index (Phi) is 2.50. The molecule has 0 saturated heterocycles. The number of hydrogen-bond donors (Lipinski definition) is 2. The van der Waals surface area contributed by atoms with Crippen molar-refractivity contribution in [2.75, 3.05) is 0 Å². The zero-order chi connectivity index (χ0) is 10.9. The van der Waals surface area contributed by atoms with Gasteiger partial charge in [0.15, 0.2) is 5.69 Å². The van der Waals surface area contributed by atoms with Gasteiger partial charge in [-0.1, -0.05) is 6.92 Å². The summed E-state index contributed by atoms with van der Waals surface area (Å²) in [7, 11) is 0. The van der Waals surface area contributed by atoms with Crippen LogP contribution in [-0.4, -0.2) is 21.0 Å². The maximum absolute atomic E-state index is 12.2. The fourth-order valence-electron chi connectivity index (χ4n) is 1.00. The van der Waals surface area contributed by atoms with Gasteiger partial charge in [-0.15, -0.1) is 0 Å². The van der Waals surface area contributed by atoms with E-state index in [9.17, 15) is 18.0 Å². The Morgan fingerprint density at radius 2 is 2.14 bits per heavy atom. The molecule has 0 saturated carbocycles. The van der Waals surface area contributed by atoms with Crippen molar-refractivity contribution in [1.82, 2.24) is 9.97 Å². The molecule has 2 N–H and O–H groups in total. The molecule has 78 valence electrons. The van der Waals surface area contributed by atoms with Crippen LogP contribution in [0.5, 0.6) is 0 Å². The number of H-pyrrole nitrogens is 1. The minimum absolute atomic E-state index is 0.0507. The monoisotopic (exact) mass is 208 g/mol. The molecule has 0 aliphatic carbocycles. The van der Waals surface area contributed by atoms with Crippen LogP contribution in [0.2, 0.25) is 0 Å². The second-order valence-electron chi connectivity index (χ2n) is 2.57. The molecule has 4 nitrogen and oxygen atoms in total. The molecule has 0 aliphatic rings. The van der Waals surface area contributed by atoms with Gasteiger partial charge in [-0.25, -0.2) is 9.78 Å². The Hall–Kier alpha value is -1.53. The molecule has 0 amide bonds. The number of halogens is 3. The second kappa shape index (κ2) is 3.32. The lowest BCUT2D eigenvalue weighted by Crippen LogP contribution is -2.09. The van der Waals surface area contributed by atoms with Gasteiger partial charge in [-0.05, 0) is 6.42 Å². The number of carboxylic acids is 1. The summed E-state index contributed by atoms with van der Waals surface area (Å²) in [5, 5.41) is 8.42. The first-order valence-electron chi connectivity index (χ1n) is 3.75. The third-order valence-electron chi connectivity index (χ3n) is 1.60. The van der Waals surface area contributed by atoms with E-state index < -0.39 is 23.7 Å². The smallest absolute Gasteiger partial charge is 0.435 e. The lowest BCUT2D eigenvalue weighted by atomic mass is 10.2. The quantitative estimate of drug-likeness (QED) is 0.777. The van der Waals surface area contributed by atoms with Crippen LogP contribution in [0.1, 0.15) is 28.9 Å². The van der Waals surface area contributed by atoms with Gasteiger partial charge in [0.05, 0.1) is 0 Å². The third-order valence-corrected chi connectivity index (χ3v) is 1.60. The van der Waals surface area contributed by atoms with E-state index >= 15 is 0 Å². The molecule has 0 aromatic carbocycles. The lowest BCUT2D eigenvalue weighted by molar-refractivity contribution is -0.141. The molecule has 1 rings (SSSR count). The molecule has 0 atom stereocenters. The SMILES string of the molecule is CCc1[nH]c(C(=O)O)nc1C(F)(F)F. The summed E-state index contributed by atoms with van der Waals surface area (Å²) < 4.78 is 36.7. The van der Waals surface area contributed by atoms with Crippen LogP contribution >= 0.6 is 0 Å². The highest BCUT2D eigenvalue weighted by molar-refractivity contribution is 5.83. The van der Waals surface area contributed by atoms with E-state index in [0.717, 1.165) is 0 Å². The van der Waals surface area contributed by atoms with E-state index in [1.165, 1.54) is 6.92 Å². The molecule has 14 heavy (non-hydrogen) atoms. The number of carboxylic acid groups (broad SMARTS) is 1. The van der Waals surface area contributed by atoms with Crippen molar-refractivity contribution in [1.29, 1.82) is 0 Å². The Morgan fingerprint density at radius 3 is 2.43 bits per heavy atom. The van der Waals surface area contributed by atoms with E-state index in [1.807, 2.05) is 0 Å². The van der Waals surface area contributed by atoms with Crippen molar-refractivity contribution in [3.8, 4) is 0 Å².